The number of hydrogen-bond donors (Lipinski definition) is 1. The first-order chi connectivity index (χ1) is 8.74. The van der Waals surface area contributed by atoms with Crippen LogP contribution in [0.3, 0.4) is 0 Å². The second-order valence-electron chi connectivity index (χ2n) is 4.73. The molecule has 1 aliphatic rings. The van der Waals surface area contributed by atoms with Gasteiger partial charge in [-0.3, -0.25) is 4.90 Å². The average molecular weight is 307 g/mol. The molecule has 1 atom stereocenters. The number of halogens is 3. The molecule has 5 heteroatoms. The molecule has 1 saturated heterocycles. The zero-order chi connectivity index (χ0) is 13.0. The van der Waals surface area contributed by atoms with E-state index in [-0.39, 0.29) is 29.3 Å². The van der Waals surface area contributed by atoms with Crippen molar-refractivity contribution in [1.82, 2.24) is 10.2 Å². The first kappa shape index (κ1) is 16.7. The highest BCUT2D eigenvalue weighted by atomic mass is 35.5. The fraction of sp³-hybridized carbons (Fsp3) is 0.571. The molecule has 0 aromatic heterocycles. The van der Waals surface area contributed by atoms with Crippen LogP contribution in [0.2, 0.25) is 5.02 Å². The van der Waals surface area contributed by atoms with Crippen molar-refractivity contribution in [3.05, 3.63) is 34.6 Å². The molecule has 19 heavy (non-hydrogen) atoms. The van der Waals surface area contributed by atoms with Gasteiger partial charge >= 0.3 is 0 Å². The minimum absolute atomic E-state index is 0. The Hall–Kier alpha value is -0.350. The zero-order valence-corrected chi connectivity index (χ0v) is 12.7. The fourth-order valence-electron chi connectivity index (χ4n) is 2.58. The summed E-state index contributed by atoms with van der Waals surface area (Å²) < 4.78 is 13.6. The zero-order valence-electron chi connectivity index (χ0n) is 11.2. The Labute approximate surface area is 125 Å². The van der Waals surface area contributed by atoms with Crippen LogP contribution in [-0.2, 0) is 0 Å². The molecule has 108 valence electrons. The molecule has 1 aromatic carbocycles. The molecule has 0 spiro atoms. The van der Waals surface area contributed by atoms with E-state index in [1.54, 1.807) is 6.07 Å². The van der Waals surface area contributed by atoms with Crippen LogP contribution in [-0.4, -0.2) is 31.1 Å². The summed E-state index contributed by atoms with van der Waals surface area (Å²) in [7, 11) is 0. The first-order valence-corrected chi connectivity index (χ1v) is 7.00. The molecule has 1 heterocycles. The van der Waals surface area contributed by atoms with Gasteiger partial charge in [-0.2, -0.15) is 0 Å². The Morgan fingerprint density at radius 2 is 2.05 bits per heavy atom. The van der Waals surface area contributed by atoms with Gasteiger partial charge < -0.3 is 5.32 Å². The lowest BCUT2D eigenvalue weighted by molar-refractivity contribution is 0.164. The van der Waals surface area contributed by atoms with E-state index in [0.717, 1.165) is 44.6 Å². The second kappa shape index (κ2) is 8.05. The minimum atomic E-state index is -0.314. The number of nitrogens with zero attached hydrogens (tertiary/aromatic N) is 1. The van der Waals surface area contributed by atoms with Crippen LogP contribution in [0.5, 0.6) is 0 Å². The van der Waals surface area contributed by atoms with Crippen molar-refractivity contribution in [2.75, 3.05) is 26.2 Å². The lowest BCUT2D eigenvalue weighted by Gasteiger charge is -2.35. The number of benzene rings is 1. The SMILES string of the molecule is CCC[C@H](c1cccc(F)c1Cl)N1CCNCC1.Cl. The molecular formula is C14H21Cl2FN2. The molecule has 1 fully saturated rings. The Kier molecular flexibility index (Phi) is 7.08. The monoisotopic (exact) mass is 306 g/mol. The van der Waals surface area contributed by atoms with Crippen molar-refractivity contribution < 1.29 is 4.39 Å². The number of rotatable bonds is 4. The predicted molar refractivity (Wildman–Crippen MR) is 80.7 cm³/mol. The van der Waals surface area contributed by atoms with Gasteiger partial charge in [0, 0.05) is 32.2 Å². The van der Waals surface area contributed by atoms with E-state index in [2.05, 4.69) is 17.1 Å². The van der Waals surface area contributed by atoms with Crippen LogP contribution in [0.4, 0.5) is 4.39 Å². The summed E-state index contributed by atoms with van der Waals surface area (Å²) in [6.07, 6.45) is 2.09. The summed E-state index contributed by atoms with van der Waals surface area (Å²) in [5, 5.41) is 3.63. The quantitative estimate of drug-likeness (QED) is 0.913. The number of nitrogens with one attached hydrogen (secondary N) is 1. The highest BCUT2D eigenvalue weighted by Crippen LogP contribution is 2.32. The molecule has 0 unspecified atom stereocenters. The Morgan fingerprint density at radius 3 is 2.68 bits per heavy atom. The molecule has 0 amide bonds. The van der Waals surface area contributed by atoms with Crippen molar-refractivity contribution in [2.24, 2.45) is 0 Å². The molecule has 0 bridgehead atoms. The summed E-state index contributed by atoms with van der Waals surface area (Å²) in [6.45, 7) is 6.14. The molecule has 0 radical (unpaired) electrons. The van der Waals surface area contributed by atoms with Gasteiger partial charge in [-0.15, -0.1) is 12.4 Å². The van der Waals surface area contributed by atoms with E-state index in [1.807, 2.05) is 6.07 Å². The Bertz CT molecular complexity index is 395. The summed E-state index contributed by atoms with van der Waals surface area (Å²) in [6, 6.07) is 5.36. The lowest BCUT2D eigenvalue weighted by Crippen LogP contribution is -2.45. The van der Waals surface area contributed by atoms with Gasteiger partial charge in [0.2, 0.25) is 0 Å². The Balaban J connectivity index is 0.00000180. The van der Waals surface area contributed by atoms with Gasteiger partial charge in [0.25, 0.3) is 0 Å². The van der Waals surface area contributed by atoms with Crippen LogP contribution < -0.4 is 5.32 Å². The van der Waals surface area contributed by atoms with E-state index in [9.17, 15) is 4.39 Å². The molecule has 0 aliphatic carbocycles. The summed E-state index contributed by atoms with van der Waals surface area (Å²) in [5.41, 5.74) is 0.931. The van der Waals surface area contributed by atoms with Crippen LogP contribution in [0.1, 0.15) is 31.4 Å². The normalized spacial score (nSPS) is 17.8. The number of piperazine rings is 1. The highest BCUT2D eigenvalue weighted by Gasteiger charge is 2.24. The van der Waals surface area contributed by atoms with Crippen molar-refractivity contribution in [3.63, 3.8) is 0 Å². The number of hydrogen-bond acceptors (Lipinski definition) is 2. The van der Waals surface area contributed by atoms with E-state index in [0.29, 0.717) is 0 Å². The van der Waals surface area contributed by atoms with Crippen LogP contribution in [0.25, 0.3) is 0 Å². The van der Waals surface area contributed by atoms with E-state index in [4.69, 9.17) is 11.6 Å². The third-order valence-electron chi connectivity index (χ3n) is 3.49. The van der Waals surface area contributed by atoms with Crippen LogP contribution in [0.15, 0.2) is 18.2 Å². The van der Waals surface area contributed by atoms with Gasteiger partial charge in [0.15, 0.2) is 0 Å². The maximum absolute atomic E-state index is 13.6. The van der Waals surface area contributed by atoms with Crippen molar-refractivity contribution in [1.29, 1.82) is 0 Å². The van der Waals surface area contributed by atoms with Gasteiger partial charge in [-0.25, -0.2) is 4.39 Å². The maximum atomic E-state index is 13.6. The Morgan fingerprint density at radius 1 is 1.37 bits per heavy atom. The fourth-order valence-corrected chi connectivity index (χ4v) is 2.83. The van der Waals surface area contributed by atoms with Gasteiger partial charge in [0.1, 0.15) is 5.82 Å². The van der Waals surface area contributed by atoms with Crippen molar-refractivity contribution in [3.8, 4) is 0 Å². The van der Waals surface area contributed by atoms with Gasteiger partial charge in [-0.1, -0.05) is 37.1 Å². The lowest BCUT2D eigenvalue weighted by atomic mass is 9.99. The summed E-state index contributed by atoms with van der Waals surface area (Å²) in [4.78, 5) is 2.40. The summed E-state index contributed by atoms with van der Waals surface area (Å²) >= 11 is 6.13. The third kappa shape index (κ3) is 4.06. The smallest absolute Gasteiger partial charge is 0.142 e. The second-order valence-corrected chi connectivity index (χ2v) is 5.11. The third-order valence-corrected chi connectivity index (χ3v) is 3.89. The highest BCUT2D eigenvalue weighted by molar-refractivity contribution is 6.31. The molecular weight excluding hydrogens is 286 g/mol. The molecule has 2 nitrogen and oxygen atoms in total. The molecule has 0 saturated carbocycles. The van der Waals surface area contributed by atoms with E-state index >= 15 is 0 Å². The van der Waals surface area contributed by atoms with Crippen molar-refractivity contribution in [2.45, 2.75) is 25.8 Å². The average Bonchev–Trinajstić information content (AvgIpc) is 2.41. The first-order valence-electron chi connectivity index (χ1n) is 6.62. The van der Waals surface area contributed by atoms with Crippen LogP contribution >= 0.6 is 24.0 Å². The van der Waals surface area contributed by atoms with E-state index in [1.165, 1.54) is 6.07 Å². The van der Waals surface area contributed by atoms with Crippen molar-refractivity contribution >= 4 is 24.0 Å². The maximum Gasteiger partial charge on any atom is 0.142 e. The largest absolute Gasteiger partial charge is 0.314 e. The van der Waals surface area contributed by atoms with Crippen LogP contribution in [0, 0.1) is 5.82 Å². The summed E-state index contributed by atoms with van der Waals surface area (Å²) in [5.74, 6) is -0.314. The molecule has 1 aliphatic heterocycles. The standard InChI is InChI=1S/C14H20ClFN2.ClH/c1-2-4-13(18-9-7-17-8-10-18)11-5-3-6-12(16)14(11)15;/h3,5-6,13,17H,2,4,7-10H2,1H3;1H/t13-;/m1./s1. The van der Waals surface area contributed by atoms with E-state index < -0.39 is 0 Å². The molecule has 2 rings (SSSR count). The van der Waals surface area contributed by atoms with Gasteiger partial charge in [0.05, 0.1) is 5.02 Å². The minimum Gasteiger partial charge on any atom is -0.314 e. The van der Waals surface area contributed by atoms with Gasteiger partial charge in [-0.05, 0) is 18.1 Å². The predicted octanol–water partition coefficient (Wildman–Crippen LogP) is 3.65. The molecule has 1 N–H and O–H groups in total. The topological polar surface area (TPSA) is 15.3 Å². The molecule has 1 aromatic rings.